The molecule has 0 aromatic heterocycles. The normalized spacial score (nSPS) is 10.6. The van der Waals surface area contributed by atoms with Crippen molar-refractivity contribution in [2.75, 3.05) is 5.32 Å². The second-order valence-electron chi connectivity index (χ2n) is 6.41. The van der Waals surface area contributed by atoms with Crippen LogP contribution in [-0.2, 0) is 11.4 Å². The third kappa shape index (κ3) is 6.18. The van der Waals surface area contributed by atoms with E-state index in [1.807, 2.05) is 48.5 Å². The van der Waals surface area contributed by atoms with Gasteiger partial charge in [0.2, 0.25) is 5.91 Å². The first-order valence-corrected chi connectivity index (χ1v) is 9.56. The van der Waals surface area contributed by atoms with Gasteiger partial charge in [-0.2, -0.15) is 5.10 Å². The number of hydrazone groups is 1. The van der Waals surface area contributed by atoms with Gasteiger partial charge in [0.1, 0.15) is 12.4 Å². The molecule has 7 heteroatoms. The van der Waals surface area contributed by atoms with Crippen LogP contribution in [-0.4, -0.2) is 18.0 Å². The van der Waals surface area contributed by atoms with E-state index in [0.717, 1.165) is 11.1 Å². The van der Waals surface area contributed by atoms with Crippen LogP contribution in [0.25, 0.3) is 0 Å². The molecule has 30 heavy (non-hydrogen) atoms. The number of carbonyl (C=O) groups excluding carboxylic acids is 2. The van der Waals surface area contributed by atoms with Gasteiger partial charge in [0.15, 0.2) is 0 Å². The van der Waals surface area contributed by atoms with Gasteiger partial charge in [0.25, 0.3) is 5.91 Å². The Hall–Kier alpha value is -3.64. The maximum absolute atomic E-state index is 12.2. The first kappa shape index (κ1) is 21.1. The van der Waals surface area contributed by atoms with Crippen molar-refractivity contribution < 1.29 is 14.3 Å². The highest BCUT2D eigenvalue weighted by atomic mass is 35.5. The summed E-state index contributed by atoms with van der Waals surface area (Å²) in [5.41, 5.74) is 5.20. The van der Waals surface area contributed by atoms with Crippen molar-refractivity contribution in [2.45, 2.75) is 13.5 Å². The fraction of sp³-hybridized carbons (Fsp3) is 0.0870. The predicted octanol–water partition coefficient (Wildman–Crippen LogP) is 4.64. The lowest BCUT2D eigenvalue weighted by molar-refractivity contribution is -0.114. The van der Waals surface area contributed by atoms with E-state index in [9.17, 15) is 9.59 Å². The number of rotatable bonds is 7. The van der Waals surface area contributed by atoms with Gasteiger partial charge in [-0.05, 0) is 54.1 Å². The molecule has 2 amide bonds. The van der Waals surface area contributed by atoms with Crippen LogP contribution in [0.3, 0.4) is 0 Å². The number of benzene rings is 3. The minimum atomic E-state index is -0.363. The molecule has 0 bridgehead atoms. The maximum Gasteiger partial charge on any atom is 0.271 e. The van der Waals surface area contributed by atoms with Crippen LogP contribution in [0.2, 0.25) is 5.02 Å². The Balaban J connectivity index is 1.60. The molecule has 0 aliphatic rings. The number of carbonyl (C=O) groups is 2. The second-order valence-corrected chi connectivity index (χ2v) is 6.85. The van der Waals surface area contributed by atoms with Crippen molar-refractivity contribution >= 4 is 35.3 Å². The molecule has 0 unspecified atom stereocenters. The molecule has 0 fully saturated rings. The van der Waals surface area contributed by atoms with E-state index in [2.05, 4.69) is 15.8 Å². The molecular weight excluding hydrogens is 402 g/mol. The average molecular weight is 422 g/mol. The fourth-order valence-electron chi connectivity index (χ4n) is 2.64. The van der Waals surface area contributed by atoms with Crippen molar-refractivity contribution in [1.82, 2.24) is 5.43 Å². The van der Waals surface area contributed by atoms with Gasteiger partial charge in [-0.15, -0.1) is 0 Å². The monoisotopic (exact) mass is 421 g/mol. The predicted molar refractivity (Wildman–Crippen MR) is 118 cm³/mol. The van der Waals surface area contributed by atoms with E-state index in [-0.39, 0.29) is 11.8 Å². The molecule has 0 saturated carbocycles. The van der Waals surface area contributed by atoms with Gasteiger partial charge in [-0.25, -0.2) is 5.43 Å². The SMILES string of the molecule is CC(=O)Nc1ccc(C(=O)NN=Cc2ccccc2OCc2cccc(Cl)c2)cc1. The fourth-order valence-corrected chi connectivity index (χ4v) is 2.85. The van der Waals surface area contributed by atoms with Crippen molar-refractivity contribution in [3.8, 4) is 5.75 Å². The van der Waals surface area contributed by atoms with Gasteiger partial charge in [-0.1, -0.05) is 35.9 Å². The summed E-state index contributed by atoms with van der Waals surface area (Å²) < 4.78 is 5.87. The molecule has 3 aromatic carbocycles. The summed E-state index contributed by atoms with van der Waals surface area (Å²) in [6.45, 7) is 1.78. The van der Waals surface area contributed by atoms with Crippen molar-refractivity contribution in [3.05, 3.63) is 94.5 Å². The number of ether oxygens (including phenoxy) is 1. The molecule has 2 N–H and O–H groups in total. The smallest absolute Gasteiger partial charge is 0.271 e. The Morgan fingerprint density at radius 2 is 1.80 bits per heavy atom. The number of para-hydroxylation sites is 1. The molecule has 0 aliphatic heterocycles. The first-order chi connectivity index (χ1) is 14.5. The Kier molecular flexibility index (Phi) is 7.19. The van der Waals surface area contributed by atoms with Crippen molar-refractivity contribution in [3.63, 3.8) is 0 Å². The molecule has 0 saturated heterocycles. The number of anilines is 1. The van der Waals surface area contributed by atoms with E-state index in [1.165, 1.54) is 13.1 Å². The Morgan fingerprint density at radius 3 is 2.53 bits per heavy atom. The lowest BCUT2D eigenvalue weighted by Gasteiger charge is -2.09. The topological polar surface area (TPSA) is 79.8 Å². The molecule has 0 spiro atoms. The van der Waals surface area contributed by atoms with Crippen LogP contribution in [0.5, 0.6) is 5.75 Å². The van der Waals surface area contributed by atoms with Crippen molar-refractivity contribution in [2.24, 2.45) is 5.10 Å². The van der Waals surface area contributed by atoms with Gasteiger partial charge < -0.3 is 10.1 Å². The number of halogens is 1. The summed E-state index contributed by atoms with van der Waals surface area (Å²) in [4.78, 5) is 23.3. The number of amides is 2. The average Bonchev–Trinajstić information content (AvgIpc) is 2.73. The van der Waals surface area contributed by atoms with Gasteiger partial charge in [0.05, 0.1) is 6.21 Å². The summed E-state index contributed by atoms with van der Waals surface area (Å²) in [5.74, 6) is 0.0983. The summed E-state index contributed by atoms with van der Waals surface area (Å²) in [6, 6.07) is 21.4. The summed E-state index contributed by atoms with van der Waals surface area (Å²) in [7, 11) is 0. The molecule has 6 nitrogen and oxygen atoms in total. The van der Waals surface area contributed by atoms with Crippen LogP contribution < -0.4 is 15.5 Å². The third-order valence-corrected chi connectivity index (χ3v) is 4.27. The zero-order chi connectivity index (χ0) is 21.3. The van der Waals surface area contributed by atoms with Crippen molar-refractivity contribution in [1.29, 1.82) is 0 Å². The molecule has 152 valence electrons. The van der Waals surface area contributed by atoms with Crippen LogP contribution in [0.4, 0.5) is 5.69 Å². The first-order valence-electron chi connectivity index (χ1n) is 9.18. The Labute approximate surface area is 179 Å². The van der Waals surface area contributed by atoms with E-state index < -0.39 is 0 Å². The van der Waals surface area contributed by atoms with Gasteiger partial charge >= 0.3 is 0 Å². The number of hydrogen-bond acceptors (Lipinski definition) is 4. The molecule has 0 heterocycles. The lowest BCUT2D eigenvalue weighted by Crippen LogP contribution is -2.17. The minimum absolute atomic E-state index is 0.173. The van der Waals surface area contributed by atoms with E-state index in [0.29, 0.717) is 28.6 Å². The van der Waals surface area contributed by atoms with E-state index in [4.69, 9.17) is 16.3 Å². The maximum atomic E-state index is 12.2. The highest BCUT2D eigenvalue weighted by Crippen LogP contribution is 2.19. The highest BCUT2D eigenvalue weighted by molar-refractivity contribution is 6.30. The third-order valence-electron chi connectivity index (χ3n) is 4.04. The molecule has 3 rings (SSSR count). The number of hydrogen-bond donors (Lipinski definition) is 2. The van der Waals surface area contributed by atoms with E-state index in [1.54, 1.807) is 24.3 Å². The molecule has 0 atom stereocenters. The Morgan fingerprint density at radius 1 is 1.03 bits per heavy atom. The minimum Gasteiger partial charge on any atom is -0.488 e. The second kappa shape index (κ2) is 10.2. The van der Waals surface area contributed by atoms with E-state index >= 15 is 0 Å². The number of nitrogens with zero attached hydrogens (tertiary/aromatic N) is 1. The number of nitrogens with one attached hydrogen (secondary N) is 2. The summed E-state index contributed by atoms with van der Waals surface area (Å²) in [6.07, 6.45) is 1.52. The van der Waals surface area contributed by atoms with Crippen LogP contribution >= 0.6 is 11.6 Å². The zero-order valence-corrected chi connectivity index (χ0v) is 17.0. The summed E-state index contributed by atoms with van der Waals surface area (Å²) >= 11 is 6.00. The summed E-state index contributed by atoms with van der Waals surface area (Å²) in [5, 5.41) is 7.32. The zero-order valence-electron chi connectivity index (χ0n) is 16.3. The van der Waals surface area contributed by atoms with Gasteiger partial charge in [0, 0.05) is 28.8 Å². The molecule has 0 aliphatic carbocycles. The largest absolute Gasteiger partial charge is 0.488 e. The highest BCUT2D eigenvalue weighted by Gasteiger charge is 2.06. The molecular formula is C23H20ClN3O3. The van der Waals surface area contributed by atoms with Gasteiger partial charge in [-0.3, -0.25) is 9.59 Å². The van der Waals surface area contributed by atoms with Crippen LogP contribution in [0, 0.1) is 0 Å². The lowest BCUT2D eigenvalue weighted by atomic mass is 10.2. The van der Waals surface area contributed by atoms with Crippen LogP contribution in [0.1, 0.15) is 28.4 Å². The Bertz CT molecular complexity index is 1070. The standard InChI is InChI=1S/C23H20ClN3O3/c1-16(28)26-21-11-9-18(10-12-21)23(29)27-25-14-19-6-2-3-8-22(19)30-15-17-5-4-7-20(24)13-17/h2-14H,15H2,1H3,(H,26,28)(H,27,29). The quantitative estimate of drug-likeness (QED) is 0.430. The van der Waals surface area contributed by atoms with Crippen LogP contribution in [0.15, 0.2) is 77.9 Å². The molecule has 3 aromatic rings. The molecule has 0 radical (unpaired) electrons.